The van der Waals surface area contributed by atoms with Crippen LogP contribution in [0.3, 0.4) is 0 Å². The summed E-state index contributed by atoms with van der Waals surface area (Å²) in [5.41, 5.74) is 8.35. The molecule has 21 heavy (non-hydrogen) atoms. The number of benzene rings is 1. The summed E-state index contributed by atoms with van der Waals surface area (Å²) >= 11 is 0. The number of carbonyl (C=O) groups is 1. The van der Waals surface area contributed by atoms with E-state index in [0.717, 1.165) is 11.2 Å². The molecule has 1 amide bonds. The molecular weight excluding hydrogens is 268 g/mol. The number of aromatic nitrogens is 4. The molecule has 0 radical (unpaired) electrons. The Kier molecular flexibility index (Phi) is 3.09. The number of nitrogen functional groups attached to an aromatic ring is 1. The van der Waals surface area contributed by atoms with Crippen LogP contribution >= 0.6 is 0 Å². The summed E-state index contributed by atoms with van der Waals surface area (Å²) < 4.78 is 0. The second-order valence-electron chi connectivity index (χ2n) is 5.19. The Morgan fingerprint density at radius 1 is 1.24 bits per heavy atom. The molecule has 0 saturated carbocycles. The lowest BCUT2D eigenvalue weighted by Crippen LogP contribution is -2.13. The van der Waals surface area contributed by atoms with Crippen LogP contribution in [0.2, 0.25) is 0 Å². The van der Waals surface area contributed by atoms with E-state index in [1.165, 1.54) is 0 Å². The number of anilines is 2. The minimum Gasteiger partial charge on any atom is -0.399 e. The fourth-order valence-corrected chi connectivity index (χ4v) is 2.08. The van der Waals surface area contributed by atoms with Gasteiger partial charge in [-0.05, 0) is 24.1 Å². The third kappa shape index (κ3) is 2.45. The van der Waals surface area contributed by atoms with Gasteiger partial charge in [-0.3, -0.25) is 15.0 Å². The topological polar surface area (TPSA) is 112 Å². The van der Waals surface area contributed by atoms with Gasteiger partial charge in [-0.25, -0.2) is 0 Å². The number of nitrogens with one attached hydrogen (secondary N) is 3. The lowest BCUT2D eigenvalue weighted by molar-refractivity contribution is 0.102. The molecule has 2 heterocycles. The molecule has 0 atom stereocenters. The third-order valence-corrected chi connectivity index (χ3v) is 3.26. The Hall–Kier alpha value is -2.83. The molecule has 3 rings (SSSR count). The lowest BCUT2D eigenvalue weighted by Gasteiger charge is -2.00. The zero-order valence-electron chi connectivity index (χ0n) is 11.8. The number of rotatable bonds is 3. The first kappa shape index (κ1) is 13.2. The van der Waals surface area contributed by atoms with Crippen LogP contribution in [-0.2, 0) is 0 Å². The van der Waals surface area contributed by atoms with E-state index < -0.39 is 0 Å². The molecule has 7 nitrogen and oxygen atoms in total. The van der Waals surface area contributed by atoms with Crippen molar-refractivity contribution in [3.63, 3.8) is 0 Å². The fraction of sp³-hybridized carbons (Fsp3) is 0.214. The van der Waals surface area contributed by atoms with Gasteiger partial charge < -0.3 is 11.1 Å². The van der Waals surface area contributed by atoms with Crippen molar-refractivity contribution >= 4 is 28.3 Å². The van der Waals surface area contributed by atoms with Crippen molar-refractivity contribution in [3.05, 3.63) is 35.7 Å². The highest BCUT2D eigenvalue weighted by Crippen LogP contribution is 2.20. The van der Waals surface area contributed by atoms with E-state index in [1.807, 2.05) is 19.9 Å². The molecule has 3 aromatic rings. The van der Waals surface area contributed by atoms with Crippen molar-refractivity contribution < 1.29 is 4.79 Å². The molecule has 0 unspecified atom stereocenters. The van der Waals surface area contributed by atoms with Gasteiger partial charge in [-0.1, -0.05) is 13.8 Å². The maximum absolute atomic E-state index is 12.3. The van der Waals surface area contributed by atoms with Crippen molar-refractivity contribution in [2.45, 2.75) is 19.8 Å². The summed E-state index contributed by atoms with van der Waals surface area (Å²) in [6, 6.07) is 7.08. The highest BCUT2D eigenvalue weighted by Gasteiger charge is 2.16. The molecule has 0 saturated heterocycles. The first-order valence-electron chi connectivity index (χ1n) is 6.65. The first-order chi connectivity index (χ1) is 10.0. The van der Waals surface area contributed by atoms with Crippen molar-refractivity contribution in [2.75, 3.05) is 11.1 Å². The monoisotopic (exact) mass is 284 g/mol. The largest absolute Gasteiger partial charge is 0.399 e. The van der Waals surface area contributed by atoms with Crippen LogP contribution in [0, 0.1) is 0 Å². The Morgan fingerprint density at radius 2 is 2.05 bits per heavy atom. The molecule has 2 aromatic heterocycles. The molecule has 5 N–H and O–H groups in total. The summed E-state index contributed by atoms with van der Waals surface area (Å²) in [7, 11) is 0. The zero-order valence-corrected chi connectivity index (χ0v) is 11.8. The van der Waals surface area contributed by atoms with E-state index in [9.17, 15) is 4.79 Å². The second kappa shape index (κ2) is 4.93. The molecule has 7 heteroatoms. The SMILES string of the molecule is CC(C)c1cc(NC(=O)c2n[nH]c3ccc(N)cc23)n[nH]1. The standard InChI is InChI=1S/C14H16N6O/c1-7(2)11-6-12(19-18-11)16-14(21)13-9-5-8(15)3-4-10(9)17-20-13/h3-7H,15H2,1-2H3,(H,17,20)(H2,16,18,19,21). The third-order valence-electron chi connectivity index (χ3n) is 3.26. The minimum absolute atomic E-state index is 0.298. The predicted molar refractivity (Wildman–Crippen MR) is 81.1 cm³/mol. The van der Waals surface area contributed by atoms with Gasteiger partial charge in [0.2, 0.25) is 0 Å². The van der Waals surface area contributed by atoms with E-state index in [-0.39, 0.29) is 5.91 Å². The van der Waals surface area contributed by atoms with Gasteiger partial charge in [0.25, 0.3) is 5.91 Å². The average molecular weight is 284 g/mol. The quantitative estimate of drug-likeness (QED) is 0.552. The van der Waals surface area contributed by atoms with Gasteiger partial charge in [0.15, 0.2) is 11.5 Å². The molecule has 0 bridgehead atoms. The Morgan fingerprint density at radius 3 is 2.76 bits per heavy atom. The minimum atomic E-state index is -0.325. The second-order valence-corrected chi connectivity index (χ2v) is 5.19. The Labute approximate surface area is 120 Å². The predicted octanol–water partition coefficient (Wildman–Crippen LogP) is 2.24. The summed E-state index contributed by atoms with van der Waals surface area (Å²) in [6.45, 7) is 4.09. The van der Waals surface area contributed by atoms with E-state index >= 15 is 0 Å². The van der Waals surface area contributed by atoms with Gasteiger partial charge >= 0.3 is 0 Å². The summed E-state index contributed by atoms with van der Waals surface area (Å²) in [6.07, 6.45) is 0. The molecule has 0 aliphatic rings. The number of hydrogen-bond donors (Lipinski definition) is 4. The van der Waals surface area contributed by atoms with Gasteiger partial charge in [-0.2, -0.15) is 10.2 Å². The number of nitrogens with zero attached hydrogens (tertiary/aromatic N) is 2. The molecule has 1 aromatic carbocycles. The first-order valence-corrected chi connectivity index (χ1v) is 6.65. The van der Waals surface area contributed by atoms with Crippen LogP contribution in [0.25, 0.3) is 10.9 Å². The number of H-pyrrole nitrogens is 2. The van der Waals surface area contributed by atoms with Gasteiger partial charge in [0.05, 0.1) is 5.52 Å². The van der Waals surface area contributed by atoms with Crippen LogP contribution in [0.5, 0.6) is 0 Å². The van der Waals surface area contributed by atoms with Crippen molar-refractivity contribution in [2.24, 2.45) is 0 Å². The molecule has 108 valence electrons. The number of carbonyl (C=O) groups excluding carboxylic acids is 1. The van der Waals surface area contributed by atoms with E-state index in [4.69, 9.17) is 5.73 Å². The fourth-order valence-electron chi connectivity index (χ4n) is 2.08. The highest BCUT2D eigenvalue weighted by molar-refractivity contribution is 6.11. The van der Waals surface area contributed by atoms with Crippen molar-refractivity contribution in [3.8, 4) is 0 Å². The van der Waals surface area contributed by atoms with Crippen LogP contribution < -0.4 is 11.1 Å². The Bertz CT molecular complexity index is 801. The molecule has 0 aliphatic heterocycles. The molecular formula is C14H16N6O. The lowest BCUT2D eigenvalue weighted by atomic mass is 10.1. The van der Waals surface area contributed by atoms with Crippen molar-refractivity contribution in [1.82, 2.24) is 20.4 Å². The number of aromatic amines is 2. The number of hydrogen-bond acceptors (Lipinski definition) is 4. The summed E-state index contributed by atoms with van der Waals surface area (Å²) in [4.78, 5) is 12.3. The molecule has 0 spiro atoms. The van der Waals surface area contributed by atoms with Crippen LogP contribution in [0.15, 0.2) is 24.3 Å². The normalized spacial score (nSPS) is 11.2. The highest BCUT2D eigenvalue weighted by atomic mass is 16.2. The molecule has 0 fully saturated rings. The number of amides is 1. The van der Waals surface area contributed by atoms with E-state index in [1.54, 1.807) is 18.2 Å². The van der Waals surface area contributed by atoms with E-state index in [0.29, 0.717) is 28.5 Å². The molecule has 0 aliphatic carbocycles. The van der Waals surface area contributed by atoms with Crippen LogP contribution in [0.1, 0.15) is 35.9 Å². The smallest absolute Gasteiger partial charge is 0.278 e. The Balaban J connectivity index is 1.88. The zero-order chi connectivity index (χ0) is 15.0. The number of nitrogens with two attached hydrogens (primary N) is 1. The summed E-state index contributed by atoms with van der Waals surface area (Å²) in [5, 5.41) is 17.2. The van der Waals surface area contributed by atoms with Gasteiger partial charge in [0, 0.05) is 22.8 Å². The van der Waals surface area contributed by atoms with Crippen LogP contribution in [0.4, 0.5) is 11.5 Å². The average Bonchev–Trinajstić information content (AvgIpc) is 3.04. The summed E-state index contributed by atoms with van der Waals surface area (Å²) in [5.74, 6) is 0.464. The number of fused-ring (bicyclic) bond motifs is 1. The maximum atomic E-state index is 12.3. The maximum Gasteiger partial charge on any atom is 0.278 e. The van der Waals surface area contributed by atoms with Crippen LogP contribution in [-0.4, -0.2) is 26.3 Å². The van der Waals surface area contributed by atoms with E-state index in [2.05, 4.69) is 25.7 Å². The van der Waals surface area contributed by atoms with Crippen molar-refractivity contribution in [1.29, 1.82) is 0 Å². The van der Waals surface area contributed by atoms with Gasteiger partial charge in [-0.15, -0.1) is 0 Å². The van der Waals surface area contributed by atoms with Gasteiger partial charge in [0.1, 0.15) is 0 Å².